The highest BCUT2D eigenvalue weighted by Gasteiger charge is 2.25. The number of methoxy groups -OCH3 is 1. The molecule has 6 nitrogen and oxygen atoms in total. The van der Waals surface area contributed by atoms with Crippen molar-refractivity contribution in [3.63, 3.8) is 0 Å². The maximum absolute atomic E-state index is 14.1. The number of nitrogen functional groups attached to an aromatic ring is 1. The van der Waals surface area contributed by atoms with E-state index in [1.54, 1.807) is 0 Å². The second-order valence-electron chi connectivity index (χ2n) is 6.24. The number of rotatable bonds is 5. The SMILES string of the molecule is COc1ccc(F)c(F)c1C(=O)c1cnc(NC2CCCCC2)nc1N. The molecular weight excluding hydrogens is 342 g/mol. The van der Waals surface area contributed by atoms with Crippen molar-refractivity contribution in [3.05, 3.63) is 41.1 Å². The minimum atomic E-state index is -1.29. The number of carbonyl (C=O) groups excluding carboxylic acids is 1. The molecule has 0 bridgehead atoms. The molecule has 1 aliphatic carbocycles. The summed E-state index contributed by atoms with van der Waals surface area (Å²) in [6.07, 6.45) is 6.77. The zero-order valence-corrected chi connectivity index (χ0v) is 14.4. The topological polar surface area (TPSA) is 90.1 Å². The number of nitrogens with two attached hydrogens (primary N) is 1. The normalized spacial score (nSPS) is 14.9. The minimum Gasteiger partial charge on any atom is -0.496 e. The molecule has 1 aromatic heterocycles. The largest absolute Gasteiger partial charge is 0.496 e. The summed E-state index contributed by atoms with van der Waals surface area (Å²) in [6.45, 7) is 0. The zero-order valence-electron chi connectivity index (χ0n) is 14.4. The summed E-state index contributed by atoms with van der Waals surface area (Å²) in [5.41, 5.74) is 5.23. The van der Waals surface area contributed by atoms with Gasteiger partial charge in [-0.15, -0.1) is 0 Å². The lowest BCUT2D eigenvalue weighted by Gasteiger charge is -2.22. The molecule has 0 unspecified atom stereocenters. The first-order valence-electron chi connectivity index (χ1n) is 8.47. The molecule has 1 aliphatic rings. The predicted octanol–water partition coefficient (Wildman–Crippen LogP) is 3.32. The Balaban J connectivity index is 1.88. The summed E-state index contributed by atoms with van der Waals surface area (Å²) in [7, 11) is 1.26. The highest BCUT2D eigenvalue weighted by molar-refractivity contribution is 6.13. The molecule has 1 heterocycles. The molecule has 1 aromatic carbocycles. The highest BCUT2D eigenvalue weighted by atomic mass is 19.2. The van der Waals surface area contributed by atoms with Gasteiger partial charge in [-0.3, -0.25) is 4.79 Å². The van der Waals surface area contributed by atoms with Gasteiger partial charge >= 0.3 is 0 Å². The fourth-order valence-corrected chi connectivity index (χ4v) is 3.12. The maximum Gasteiger partial charge on any atom is 0.224 e. The first-order valence-corrected chi connectivity index (χ1v) is 8.47. The lowest BCUT2D eigenvalue weighted by atomic mass is 9.96. The third-order valence-electron chi connectivity index (χ3n) is 4.50. The first-order chi connectivity index (χ1) is 12.5. The molecule has 0 saturated heterocycles. The van der Waals surface area contributed by atoms with Crippen molar-refractivity contribution in [1.82, 2.24) is 9.97 Å². The van der Waals surface area contributed by atoms with E-state index in [1.807, 2.05) is 0 Å². The van der Waals surface area contributed by atoms with E-state index in [9.17, 15) is 13.6 Å². The molecule has 0 atom stereocenters. The van der Waals surface area contributed by atoms with Crippen molar-refractivity contribution in [2.75, 3.05) is 18.2 Å². The molecule has 26 heavy (non-hydrogen) atoms. The minimum absolute atomic E-state index is 0.0855. The van der Waals surface area contributed by atoms with Gasteiger partial charge in [0.1, 0.15) is 17.1 Å². The molecule has 3 N–H and O–H groups in total. The van der Waals surface area contributed by atoms with Gasteiger partial charge in [-0.2, -0.15) is 4.98 Å². The summed E-state index contributed by atoms with van der Waals surface area (Å²) >= 11 is 0. The van der Waals surface area contributed by atoms with Gasteiger partial charge in [0.2, 0.25) is 11.7 Å². The van der Waals surface area contributed by atoms with Crippen LogP contribution in [0, 0.1) is 11.6 Å². The summed E-state index contributed by atoms with van der Waals surface area (Å²) in [5.74, 6) is -3.15. The van der Waals surface area contributed by atoms with Crippen LogP contribution in [0.15, 0.2) is 18.3 Å². The van der Waals surface area contributed by atoms with Gasteiger partial charge in [0, 0.05) is 12.2 Å². The lowest BCUT2D eigenvalue weighted by Crippen LogP contribution is -2.24. The number of halogens is 2. The standard InChI is InChI=1S/C18H20F2N4O2/c1-26-13-8-7-12(19)15(20)14(13)16(25)11-9-22-18(24-17(11)21)23-10-5-3-2-4-6-10/h7-10H,2-6H2,1H3,(H3,21,22,23,24). The summed E-state index contributed by atoms with van der Waals surface area (Å²) in [5, 5.41) is 3.20. The van der Waals surface area contributed by atoms with E-state index < -0.39 is 23.0 Å². The number of hydrogen-bond donors (Lipinski definition) is 2. The van der Waals surface area contributed by atoms with Crippen molar-refractivity contribution in [3.8, 4) is 5.75 Å². The number of benzene rings is 1. The van der Waals surface area contributed by atoms with E-state index in [0.717, 1.165) is 31.7 Å². The van der Waals surface area contributed by atoms with Crippen molar-refractivity contribution in [2.24, 2.45) is 0 Å². The van der Waals surface area contributed by atoms with Crippen LogP contribution in [0.4, 0.5) is 20.5 Å². The number of aromatic nitrogens is 2. The van der Waals surface area contributed by atoms with E-state index >= 15 is 0 Å². The number of hydrogen-bond acceptors (Lipinski definition) is 6. The molecule has 138 valence electrons. The Hall–Kier alpha value is -2.77. The number of anilines is 2. The smallest absolute Gasteiger partial charge is 0.224 e. The molecule has 2 aromatic rings. The Morgan fingerprint density at radius 3 is 2.65 bits per heavy atom. The average Bonchev–Trinajstić information content (AvgIpc) is 2.64. The monoisotopic (exact) mass is 362 g/mol. The molecule has 0 radical (unpaired) electrons. The van der Waals surface area contributed by atoms with Crippen LogP contribution in [-0.4, -0.2) is 28.9 Å². The molecule has 0 spiro atoms. The van der Waals surface area contributed by atoms with Gasteiger partial charge in [-0.05, 0) is 25.0 Å². The van der Waals surface area contributed by atoms with E-state index in [1.165, 1.54) is 25.8 Å². The third-order valence-corrected chi connectivity index (χ3v) is 4.50. The van der Waals surface area contributed by atoms with Gasteiger partial charge < -0.3 is 15.8 Å². The van der Waals surface area contributed by atoms with Crippen molar-refractivity contribution >= 4 is 17.5 Å². The van der Waals surface area contributed by atoms with E-state index in [4.69, 9.17) is 10.5 Å². The summed E-state index contributed by atoms with van der Waals surface area (Å²) in [4.78, 5) is 20.9. The molecule has 8 heteroatoms. The van der Waals surface area contributed by atoms with Crippen LogP contribution >= 0.6 is 0 Å². The zero-order chi connectivity index (χ0) is 18.7. The average molecular weight is 362 g/mol. The quantitative estimate of drug-likeness (QED) is 0.793. The van der Waals surface area contributed by atoms with Crippen molar-refractivity contribution < 1.29 is 18.3 Å². The Morgan fingerprint density at radius 1 is 1.27 bits per heavy atom. The maximum atomic E-state index is 14.1. The van der Waals surface area contributed by atoms with Crippen LogP contribution in [0.1, 0.15) is 48.0 Å². The van der Waals surface area contributed by atoms with Crippen molar-refractivity contribution in [2.45, 2.75) is 38.1 Å². The second kappa shape index (κ2) is 7.63. The Morgan fingerprint density at radius 2 is 2.00 bits per heavy atom. The van der Waals surface area contributed by atoms with Crippen LogP contribution in [0.3, 0.4) is 0 Å². The van der Waals surface area contributed by atoms with Crippen LogP contribution in [-0.2, 0) is 0 Å². The predicted molar refractivity (Wildman–Crippen MR) is 93.3 cm³/mol. The molecule has 1 fully saturated rings. The van der Waals surface area contributed by atoms with Gasteiger partial charge in [-0.25, -0.2) is 13.8 Å². The van der Waals surface area contributed by atoms with Crippen LogP contribution in [0.25, 0.3) is 0 Å². The van der Waals surface area contributed by atoms with Crippen LogP contribution < -0.4 is 15.8 Å². The molecule has 1 saturated carbocycles. The fraction of sp³-hybridized carbons (Fsp3) is 0.389. The van der Waals surface area contributed by atoms with Crippen LogP contribution in [0.5, 0.6) is 5.75 Å². The number of carbonyl (C=O) groups is 1. The van der Waals surface area contributed by atoms with E-state index in [2.05, 4.69) is 15.3 Å². The van der Waals surface area contributed by atoms with Gasteiger partial charge in [0.25, 0.3) is 0 Å². The highest BCUT2D eigenvalue weighted by Crippen LogP contribution is 2.28. The lowest BCUT2D eigenvalue weighted by molar-refractivity contribution is 0.103. The van der Waals surface area contributed by atoms with Gasteiger partial charge in [-0.1, -0.05) is 19.3 Å². The number of nitrogens with one attached hydrogen (secondary N) is 1. The summed E-state index contributed by atoms with van der Waals surface area (Å²) < 4.78 is 32.6. The van der Waals surface area contributed by atoms with Crippen LogP contribution in [0.2, 0.25) is 0 Å². The number of nitrogens with zero attached hydrogens (tertiary/aromatic N) is 2. The summed E-state index contributed by atoms with van der Waals surface area (Å²) in [6, 6.07) is 2.34. The molecule has 0 amide bonds. The third kappa shape index (κ3) is 3.58. The van der Waals surface area contributed by atoms with Gasteiger partial charge in [0.05, 0.1) is 12.7 Å². The van der Waals surface area contributed by atoms with E-state index in [-0.39, 0.29) is 23.2 Å². The Kier molecular flexibility index (Phi) is 5.29. The fourth-order valence-electron chi connectivity index (χ4n) is 3.12. The first kappa shape index (κ1) is 18.0. The number of ketones is 1. The molecular formula is C18H20F2N4O2. The number of ether oxygens (including phenoxy) is 1. The van der Waals surface area contributed by atoms with E-state index in [0.29, 0.717) is 5.95 Å². The Bertz CT molecular complexity index is 823. The second-order valence-corrected chi connectivity index (χ2v) is 6.24. The van der Waals surface area contributed by atoms with Gasteiger partial charge in [0.15, 0.2) is 11.6 Å². The molecule has 0 aliphatic heterocycles. The Labute approximate surface area is 149 Å². The molecule has 3 rings (SSSR count). The van der Waals surface area contributed by atoms with Crippen molar-refractivity contribution in [1.29, 1.82) is 0 Å².